The Morgan fingerprint density at radius 2 is 1.63 bits per heavy atom. The SMILES string of the molecule is CC(Nc1nc(Cl)c(Cl)cc1Cl)c1ccc(Cl)cc1. The summed E-state index contributed by atoms with van der Waals surface area (Å²) in [6, 6.07) is 9.11. The van der Waals surface area contributed by atoms with Gasteiger partial charge in [-0.2, -0.15) is 0 Å². The van der Waals surface area contributed by atoms with E-state index in [-0.39, 0.29) is 11.2 Å². The molecule has 2 rings (SSSR count). The largest absolute Gasteiger partial charge is 0.362 e. The van der Waals surface area contributed by atoms with Crippen LogP contribution >= 0.6 is 46.4 Å². The predicted octanol–water partition coefficient (Wildman–Crippen LogP) is 5.87. The van der Waals surface area contributed by atoms with Crippen molar-refractivity contribution in [2.45, 2.75) is 13.0 Å². The highest BCUT2D eigenvalue weighted by Crippen LogP contribution is 2.31. The van der Waals surface area contributed by atoms with Crippen LogP contribution in [-0.4, -0.2) is 4.98 Å². The minimum absolute atomic E-state index is 0.0134. The monoisotopic (exact) mass is 334 g/mol. The molecule has 100 valence electrons. The molecule has 1 N–H and O–H groups in total. The van der Waals surface area contributed by atoms with Crippen LogP contribution in [0.4, 0.5) is 5.82 Å². The maximum absolute atomic E-state index is 6.07. The number of hydrogen-bond donors (Lipinski definition) is 1. The Balaban J connectivity index is 2.21. The van der Waals surface area contributed by atoms with Gasteiger partial charge in [-0.05, 0) is 30.7 Å². The average molecular weight is 336 g/mol. The fourth-order valence-electron chi connectivity index (χ4n) is 1.59. The average Bonchev–Trinajstić information content (AvgIpc) is 2.36. The fraction of sp³-hybridized carbons (Fsp3) is 0.154. The third-order valence-corrected chi connectivity index (χ3v) is 3.82. The fourth-order valence-corrected chi connectivity index (χ4v) is 2.26. The highest BCUT2D eigenvalue weighted by atomic mass is 35.5. The van der Waals surface area contributed by atoms with Crippen LogP contribution in [0.5, 0.6) is 0 Å². The second-order valence-electron chi connectivity index (χ2n) is 4.01. The van der Waals surface area contributed by atoms with E-state index in [4.69, 9.17) is 46.4 Å². The first-order valence-electron chi connectivity index (χ1n) is 5.51. The Morgan fingerprint density at radius 3 is 2.26 bits per heavy atom. The van der Waals surface area contributed by atoms with Crippen molar-refractivity contribution in [3.63, 3.8) is 0 Å². The molecule has 2 aromatic rings. The van der Waals surface area contributed by atoms with Gasteiger partial charge in [0.05, 0.1) is 10.0 Å². The molecule has 0 spiro atoms. The third-order valence-electron chi connectivity index (χ3n) is 2.61. The molecule has 0 aliphatic carbocycles. The molecule has 0 fully saturated rings. The molecule has 0 saturated carbocycles. The lowest BCUT2D eigenvalue weighted by atomic mass is 10.1. The number of anilines is 1. The van der Waals surface area contributed by atoms with Gasteiger partial charge in [-0.25, -0.2) is 4.98 Å². The summed E-state index contributed by atoms with van der Waals surface area (Å²) in [5.74, 6) is 0.499. The molecule has 1 heterocycles. The number of halogens is 4. The number of nitrogens with one attached hydrogen (secondary N) is 1. The van der Waals surface area contributed by atoms with Crippen molar-refractivity contribution < 1.29 is 0 Å². The van der Waals surface area contributed by atoms with Crippen LogP contribution in [0.1, 0.15) is 18.5 Å². The first-order chi connectivity index (χ1) is 8.97. The number of nitrogens with zero attached hydrogens (tertiary/aromatic N) is 1. The quantitative estimate of drug-likeness (QED) is 0.709. The molecule has 0 amide bonds. The molecule has 2 nitrogen and oxygen atoms in total. The molecule has 1 unspecified atom stereocenters. The van der Waals surface area contributed by atoms with Crippen LogP contribution in [0.2, 0.25) is 20.2 Å². The molecular formula is C13H10Cl4N2. The van der Waals surface area contributed by atoms with Crippen LogP contribution in [0.3, 0.4) is 0 Å². The van der Waals surface area contributed by atoms with Gasteiger partial charge in [-0.1, -0.05) is 58.5 Å². The summed E-state index contributed by atoms with van der Waals surface area (Å²) in [5.41, 5.74) is 1.06. The number of rotatable bonds is 3. The molecule has 0 aliphatic rings. The predicted molar refractivity (Wildman–Crippen MR) is 82.8 cm³/mol. The molecule has 6 heteroatoms. The standard InChI is InChI=1S/C13H10Cl4N2/c1-7(8-2-4-9(14)5-3-8)18-13-11(16)6-10(15)12(17)19-13/h2-7H,1H3,(H,18,19). The molecular weight excluding hydrogens is 326 g/mol. The Labute approximate surface area is 131 Å². The molecule has 1 aromatic carbocycles. The van der Waals surface area contributed by atoms with Gasteiger partial charge in [-0.15, -0.1) is 0 Å². The van der Waals surface area contributed by atoms with E-state index in [0.717, 1.165) is 5.56 Å². The van der Waals surface area contributed by atoms with Crippen LogP contribution in [-0.2, 0) is 0 Å². The molecule has 0 bridgehead atoms. The first-order valence-corrected chi connectivity index (χ1v) is 7.02. The van der Waals surface area contributed by atoms with Crippen molar-refractivity contribution in [1.82, 2.24) is 4.98 Å². The molecule has 0 radical (unpaired) electrons. The zero-order valence-electron chi connectivity index (χ0n) is 9.92. The van der Waals surface area contributed by atoms with Gasteiger partial charge in [0.25, 0.3) is 0 Å². The highest BCUT2D eigenvalue weighted by molar-refractivity contribution is 6.42. The van der Waals surface area contributed by atoms with E-state index in [0.29, 0.717) is 20.9 Å². The van der Waals surface area contributed by atoms with Crippen molar-refractivity contribution in [2.24, 2.45) is 0 Å². The lowest BCUT2D eigenvalue weighted by Gasteiger charge is -2.16. The van der Waals surface area contributed by atoms with E-state index in [1.165, 1.54) is 0 Å². The van der Waals surface area contributed by atoms with Gasteiger partial charge >= 0.3 is 0 Å². The van der Waals surface area contributed by atoms with Gasteiger partial charge in [0.15, 0.2) is 0 Å². The Morgan fingerprint density at radius 1 is 1.00 bits per heavy atom. The van der Waals surface area contributed by atoms with Crippen molar-refractivity contribution in [3.05, 3.63) is 56.1 Å². The summed E-state index contributed by atoms with van der Waals surface area (Å²) in [6.07, 6.45) is 0. The minimum Gasteiger partial charge on any atom is -0.362 e. The summed E-state index contributed by atoms with van der Waals surface area (Å²) in [6.45, 7) is 1.99. The van der Waals surface area contributed by atoms with Gasteiger partial charge in [0.2, 0.25) is 0 Å². The van der Waals surface area contributed by atoms with E-state index >= 15 is 0 Å². The zero-order valence-corrected chi connectivity index (χ0v) is 12.9. The van der Waals surface area contributed by atoms with E-state index in [1.54, 1.807) is 6.07 Å². The summed E-state index contributed by atoms with van der Waals surface area (Å²) in [4.78, 5) is 4.12. The maximum atomic E-state index is 6.07. The second kappa shape index (κ2) is 6.19. The number of pyridine rings is 1. The smallest absolute Gasteiger partial charge is 0.150 e. The molecule has 1 atom stereocenters. The van der Waals surface area contributed by atoms with E-state index in [1.807, 2.05) is 31.2 Å². The van der Waals surface area contributed by atoms with E-state index in [2.05, 4.69) is 10.3 Å². The minimum atomic E-state index is 0.0134. The van der Waals surface area contributed by atoms with Crippen LogP contribution in [0, 0.1) is 0 Å². The number of benzene rings is 1. The normalized spacial score (nSPS) is 12.3. The highest BCUT2D eigenvalue weighted by Gasteiger charge is 2.11. The maximum Gasteiger partial charge on any atom is 0.150 e. The van der Waals surface area contributed by atoms with E-state index in [9.17, 15) is 0 Å². The van der Waals surface area contributed by atoms with Gasteiger partial charge in [0.1, 0.15) is 11.0 Å². The molecule has 1 aromatic heterocycles. The Hall–Kier alpha value is -0.670. The zero-order chi connectivity index (χ0) is 14.0. The van der Waals surface area contributed by atoms with Crippen molar-refractivity contribution in [1.29, 1.82) is 0 Å². The Bertz CT molecular complexity index is 584. The van der Waals surface area contributed by atoms with Crippen molar-refractivity contribution in [3.8, 4) is 0 Å². The topological polar surface area (TPSA) is 24.9 Å². The Kier molecular flexibility index (Phi) is 4.80. The lowest BCUT2D eigenvalue weighted by molar-refractivity contribution is 0.875. The molecule has 0 saturated heterocycles. The lowest BCUT2D eigenvalue weighted by Crippen LogP contribution is -2.08. The summed E-state index contributed by atoms with van der Waals surface area (Å²) < 4.78 is 0. The van der Waals surface area contributed by atoms with Crippen LogP contribution in [0.15, 0.2) is 30.3 Å². The summed E-state index contributed by atoms with van der Waals surface area (Å²) in [7, 11) is 0. The third kappa shape index (κ3) is 3.67. The van der Waals surface area contributed by atoms with Gasteiger partial charge < -0.3 is 5.32 Å². The first kappa shape index (κ1) is 14.7. The van der Waals surface area contributed by atoms with Crippen LogP contribution in [0.25, 0.3) is 0 Å². The van der Waals surface area contributed by atoms with E-state index < -0.39 is 0 Å². The van der Waals surface area contributed by atoms with Gasteiger partial charge in [0, 0.05) is 11.1 Å². The van der Waals surface area contributed by atoms with Crippen molar-refractivity contribution >= 4 is 52.2 Å². The molecule has 0 aliphatic heterocycles. The van der Waals surface area contributed by atoms with Gasteiger partial charge in [-0.3, -0.25) is 0 Å². The summed E-state index contributed by atoms with van der Waals surface area (Å²) >= 11 is 23.6. The van der Waals surface area contributed by atoms with Crippen molar-refractivity contribution in [2.75, 3.05) is 5.32 Å². The summed E-state index contributed by atoms with van der Waals surface area (Å²) in [5, 5.41) is 4.86. The van der Waals surface area contributed by atoms with Crippen LogP contribution < -0.4 is 5.32 Å². The molecule has 19 heavy (non-hydrogen) atoms. The number of hydrogen-bond acceptors (Lipinski definition) is 2. The number of aromatic nitrogens is 1. The second-order valence-corrected chi connectivity index (χ2v) is 5.62.